The van der Waals surface area contributed by atoms with Crippen molar-refractivity contribution in [3.8, 4) is 0 Å². The van der Waals surface area contributed by atoms with Gasteiger partial charge in [0.05, 0.1) is 0 Å². The summed E-state index contributed by atoms with van der Waals surface area (Å²) in [5.74, 6) is 0.778. The van der Waals surface area contributed by atoms with E-state index in [1.54, 1.807) is 0 Å². The molecule has 1 fully saturated rings. The number of rotatable bonds is 5. The van der Waals surface area contributed by atoms with Crippen molar-refractivity contribution in [1.82, 2.24) is 0 Å². The highest BCUT2D eigenvalue weighted by Crippen LogP contribution is 2.19. The molecule has 1 unspecified atom stereocenters. The molecule has 0 saturated heterocycles. The molecule has 0 heteroatoms. The van der Waals surface area contributed by atoms with Crippen LogP contribution in [-0.4, -0.2) is 0 Å². The standard InChI is InChI=1S/C10H20.C4H8.C2H6/c1-5-7-8-10(6-2)9(3)4;1-2-4-3-1;1-2/h10H,3,5-8H2,1-2,4H3;1-4H2;1-2H3. The molecule has 1 aliphatic carbocycles. The van der Waals surface area contributed by atoms with Gasteiger partial charge in [0.25, 0.3) is 0 Å². The molecular formula is C16H34. The minimum atomic E-state index is 0.778. The third-order valence-electron chi connectivity index (χ3n) is 3.10. The van der Waals surface area contributed by atoms with E-state index in [9.17, 15) is 0 Å². The molecule has 98 valence electrons. The van der Waals surface area contributed by atoms with Crippen LogP contribution in [0.25, 0.3) is 0 Å². The van der Waals surface area contributed by atoms with Crippen LogP contribution in [0.15, 0.2) is 12.2 Å². The lowest BCUT2D eigenvalue weighted by Gasteiger charge is -2.13. The van der Waals surface area contributed by atoms with Crippen LogP contribution in [0.2, 0.25) is 0 Å². The van der Waals surface area contributed by atoms with Crippen molar-refractivity contribution < 1.29 is 0 Å². The van der Waals surface area contributed by atoms with E-state index in [0.29, 0.717) is 0 Å². The second kappa shape index (κ2) is 14.7. The van der Waals surface area contributed by atoms with Crippen LogP contribution in [0.1, 0.15) is 86.0 Å². The Bertz CT molecular complexity index is 127. The molecule has 0 amide bonds. The largest absolute Gasteiger partial charge is 0.0999 e. The zero-order valence-corrected chi connectivity index (χ0v) is 12.4. The number of hydrogen-bond acceptors (Lipinski definition) is 0. The molecule has 0 N–H and O–H groups in total. The molecule has 1 aliphatic rings. The predicted molar refractivity (Wildman–Crippen MR) is 77.9 cm³/mol. The van der Waals surface area contributed by atoms with E-state index in [1.165, 1.54) is 56.9 Å². The lowest BCUT2D eigenvalue weighted by molar-refractivity contribution is 0.504. The molecule has 0 aromatic carbocycles. The van der Waals surface area contributed by atoms with Gasteiger partial charge in [-0.1, -0.05) is 78.4 Å². The van der Waals surface area contributed by atoms with E-state index in [0.717, 1.165) is 5.92 Å². The second-order valence-electron chi connectivity index (χ2n) is 4.51. The summed E-state index contributed by atoms with van der Waals surface area (Å²) in [6.45, 7) is 14.6. The highest BCUT2D eigenvalue weighted by atomic mass is 14.1. The van der Waals surface area contributed by atoms with E-state index < -0.39 is 0 Å². The summed E-state index contributed by atoms with van der Waals surface area (Å²) in [7, 11) is 0. The Hall–Kier alpha value is -0.260. The first kappa shape index (κ1) is 18.1. The quantitative estimate of drug-likeness (QED) is 0.478. The molecule has 16 heavy (non-hydrogen) atoms. The van der Waals surface area contributed by atoms with Crippen LogP contribution in [0.3, 0.4) is 0 Å². The molecule has 0 aromatic heterocycles. The van der Waals surface area contributed by atoms with E-state index in [-0.39, 0.29) is 0 Å². The molecule has 0 nitrogen and oxygen atoms in total. The van der Waals surface area contributed by atoms with E-state index in [1.807, 2.05) is 13.8 Å². The Morgan fingerprint density at radius 3 is 1.69 bits per heavy atom. The van der Waals surface area contributed by atoms with Crippen molar-refractivity contribution in [2.75, 3.05) is 0 Å². The maximum atomic E-state index is 3.98. The highest BCUT2D eigenvalue weighted by molar-refractivity contribution is 4.94. The SMILES string of the molecule is C1CCC1.C=C(C)C(CC)CCCC.CC. The minimum Gasteiger partial charge on any atom is -0.0999 e. The van der Waals surface area contributed by atoms with Crippen molar-refractivity contribution in [2.45, 2.75) is 86.0 Å². The summed E-state index contributed by atoms with van der Waals surface area (Å²) >= 11 is 0. The van der Waals surface area contributed by atoms with Gasteiger partial charge in [-0.3, -0.25) is 0 Å². The molecule has 0 radical (unpaired) electrons. The minimum absolute atomic E-state index is 0.778. The smallest absolute Gasteiger partial charge is 0.0211 e. The third kappa shape index (κ3) is 11.8. The maximum Gasteiger partial charge on any atom is -0.0211 e. The Labute approximate surface area is 105 Å². The fourth-order valence-electron chi connectivity index (χ4n) is 1.50. The normalized spacial score (nSPS) is 14.6. The summed E-state index contributed by atoms with van der Waals surface area (Å²) in [6, 6.07) is 0. The molecule has 0 aromatic rings. The van der Waals surface area contributed by atoms with Crippen LogP contribution < -0.4 is 0 Å². The van der Waals surface area contributed by atoms with Crippen LogP contribution in [0, 0.1) is 5.92 Å². The number of allylic oxidation sites excluding steroid dienone is 1. The fourth-order valence-corrected chi connectivity index (χ4v) is 1.50. The summed E-state index contributed by atoms with van der Waals surface area (Å²) in [6.07, 6.45) is 11.3. The van der Waals surface area contributed by atoms with Crippen LogP contribution in [0.5, 0.6) is 0 Å². The Morgan fingerprint density at radius 1 is 1.06 bits per heavy atom. The van der Waals surface area contributed by atoms with Crippen molar-refractivity contribution >= 4 is 0 Å². The monoisotopic (exact) mass is 226 g/mol. The number of unbranched alkanes of at least 4 members (excludes halogenated alkanes) is 1. The fraction of sp³-hybridized carbons (Fsp3) is 0.875. The molecule has 1 atom stereocenters. The number of hydrogen-bond donors (Lipinski definition) is 0. The zero-order chi connectivity index (χ0) is 12.8. The van der Waals surface area contributed by atoms with Gasteiger partial charge in [-0.15, -0.1) is 0 Å². The molecular weight excluding hydrogens is 192 g/mol. The lowest BCUT2D eigenvalue weighted by atomic mass is 9.93. The summed E-state index contributed by atoms with van der Waals surface area (Å²) < 4.78 is 0. The first-order valence-electron chi connectivity index (χ1n) is 7.37. The van der Waals surface area contributed by atoms with Crippen molar-refractivity contribution in [3.63, 3.8) is 0 Å². The summed E-state index contributed by atoms with van der Waals surface area (Å²) in [4.78, 5) is 0. The van der Waals surface area contributed by atoms with E-state index >= 15 is 0 Å². The average Bonchev–Trinajstić information content (AvgIpc) is 2.19. The van der Waals surface area contributed by atoms with Crippen molar-refractivity contribution in [1.29, 1.82) is 0 Å². The van der Waals surface area contributed by atoms with Crippen LogP contribution >= 0.6 is 0 Å². The van der Waals surface area contributed by atoms with Gasteiger partial charge >= 0.3 is 0 Å². The molecule has 0 aliphatic heterocycles. The van der Waals surface area contributed by atoms with E-state index in [4.69, 9.17) is 0 Å². The van der Waals surface area contributed by atoms with Gasteiger partial charge in [0.2, 0.25) is 0 Å². The highest BCUT2D eigenvalue weighted by Gasteiger charge is 2.04. The molecule has 1 rings (SSSR count). The van der Waals surface area contributed by atoms with Gasteiger partial charge in [0.15, 0.2) is 0 Å². The molecule has 0 heterocycles. The van der Waals surface area contributed by atoms with Crippen molar-refractivity contribution in [3.05, 3.63) is 12.2 Å². The van der Waals surface area contributed by atoms with E-state index in [2.05, 4.69) is 27.4 Å². The third-order valence-corrected chi connectivity index (χ3v) is 3.10. The van der Waals surface area contributed by atoms with Crippen LogP contribution in [-0.2, 0) is 0 Å². The molecule has 0 spiro atoms. The van der Waals surface area contributed by atoms with Gasteiger partial charge < -0.3 is 0 Å². The van der Waals surface area contributed by atoms with Gasteiger partial charge in [-0.05, 0) is 25.7 Å². The molecule has 1 saturated carbocycles. The first-order chi connectivity index (χ1) is 7.72. The average molecular weight is 226 g/mol. The maximum absolute atomic E-state index is 3.98. The van der Waals surface area contributed by atoms with Gasteiger partial charge in [0.1, 0.15) is 0 Å². The Kier molecular flexibility index (Phi) is 16.7. The summed E-state index contributed by atoms with van der Waals surface area (Å²) in [5.41, 5.74) is 1.36. The van der Waals surface area contributed by atoms with Crippen LogP contribution in [0.4, 0.5) is 0 Å². The van der Waals surface area contributed by atoms with Crippen molar-refractivity contribution in [2.24, 2.45) is 5.92 Å². The Morgan fingerprint density at radius 2 is 1.50 bits per heavy atom. The zero-order valence-electron chi connectivity index (χ0n) is 12.4. The van der Waals surface area contributed by atoms with Gasteiger partial charge in [-0.2, -0.15) is 0 Å². The summed E-state index contributed by atoms with van der Waals surface area (Å²) in [5, 5.41) is 0. The predicted octanol–water partition coefficient (Wildman–Crippen LogP) is 6.37. The first-order valence-corrected chi connectivity index (χ1v) is 7.37. The molecule has 0 bridgehead atoms. The van der Waals surface area contributed by atoms with Gasteiger partial charge in [-0.25, -0.2) is 0 Å². The lowest BCUT2D eigenvalue weighted by Crippen LogP contribution is -1.98. The topological polar surface area (TPSA) is 0 Å². The Balaban J connectivity index is 0. The second-order valence-corrected chi connectivity index (χ2v) is 4.51. The van der Waals surface area contributed by atoms with Gasteiger partial charge in [0, 0.05) is 0 Å².